The minimum atomic E-state index is -0.720. The highest BCUT2D eigenvalue weighted by Gasteiger charge is 2.21. The standard InChI is InChI=1S/C25H24N4O6S/c1-14-19-22(36-21(14)29-24(31)27-17-9-11-18(33-3)12-10-17)28-20(35-23(19)30)15(2)26-25(32)34-13-16-7-5-4-6-8-16/h4-12,15H,13H2,1-3H3,(H,26,32)(H2,27,29,31)/t15-/m0/s1. The van der Waals surface area contributed by atoms with Crippen molar-refractivity contribution < 1.29 is 23.5 Å². The van der Waals surface area contributed by atoms with E-state index in [0.29, 0.717) is 26.8 Å². The smallest absolute Gasteiger partial charge is 0.408 e. The molecule has 186 valence electrons. The fourth-order valence-corrected chi connectivity index (χ4v) is 4.40. The van der Waals surface area contributed by atoms with E-state index in [1.807, 2.05) is 30.3 Å². The average molecular weight is 509 g/mol. The normalized spacial score (nSPS) is 11.5. The number of carbonyl (C=O) groups excluding carboxylic acids is 2. The molecular formula is C25H24N4O6S. The first kappa shape index (κ1) is 24.7. The van der Waals surface area contributed by atoms with Gasteiger partial charge in [0, 0.05) is 11.3 Å². The van der Waals surface area contributed by atoms with Crippen molar-refractivity contribution in [2.24, 2.45) is 0 Å². The number of hydrogen-bond donors (Lipinski definition) is 3. The van der Waals surface area contributed by atoms with Crippen molar-refractivity contribution in [1.29, 1.82) is 0 Å². The van der Waals surface area contributed by atoms with Gasteiger partial charge in [-0.05, 0) is 43.7 Å². The Morgan fingerprint density at radius 3 is 2.50 bits per heavy atom. The zero-order valence-electron chi connectivity index (χ0n) is 19.8. The number of nitrogens with zero attached hydrogens (tertiary/aromatic N) is 1. The van der Waals surface area contributed by atoms with Crippen LogP contribution in [0.5, 0.6) is 5.75 Å². The van der Waals surface area contributed by atoms with Crippen LogP contribution in [0, 0.1) is 6.92 Å². The second-order valence-corrected chi connectivity index (χ2v) is 8.81. The monoisotopic (exact) mass is 508 g/mol. The third kappa shape index (κ3) is 5.81. The van der Waals surface area contributed by atoms with Crippen LogP contribution in [-0.2, 0) is 11.3 Å². The largest absolute Gasteiger partial charge is 0.497 e. The number of ether oxygens (including phenoxy) is 2. The van der Waals surface area contributed by atoms with Gasteiger partial charge in [0.05, 0.1) is 7.11 Å². The molecule has 10 nitrogen and oxygen atoms in total. The number of benzene rings is 2. The molecule has 4 rings (SSSR count). The SMILES string of the molecule is COc1ccc(NC(=O)Nc2sc3nc([C@H](C)NC(=O)OCc4ccccc4)oc(=O)c3c2C)cc1. The van der Waals surface area contributed by atoms with E-state index in [2.05, 4.69) is 20.9 Å². The summed E-state index contributed by atoms with van der Waals surface area (Å²) in [6, 6.07) is 14.9. The van der Waals surface area contributed by atoms with Crippen molar-refractivity contribution in [3.05, 3.63) is 82.0 Å². The molecule has 36 heavy (non-hydrogen) atoms. The van der Waals surface area contributed by atoms with Gasteiger partial charge in [-0.1, -0.05) is 41.7 Å². The summed E-state index contributed by atoms with van der Waals surface area (Å²) >= 11 is 1.13. The summed E-state index contributed by atoms with van der Waals surface area (Å²) in [5, 5.41) is 8.79. The number of fused-ring (bicyclic) bond motifs is 1. The Kier molecular flexibility index (Phi) is 7.50. The lowest BCUT2D eigenvalue weighted by Crippen LogP contribution is -2.28. The van der Waals surface area contributed by atoms with Crippen LogP contribution in [0.4, 0.5) is 20.3 Å². The van der Waals surface area contributed by atoms with Crippen LogP contribution in [-0.4, -0.2) is 24.2 Å². The molecule has 0 unspecified atom stereocenters. The molecule has 0 saturated carbocycles. The first-order valence-corrected chi connectivity index (χ1v) is 11.8. The molecule has 3 amide bonds. The maximum Gasteiger partial charge on any atom is 0.408 e. The molecule has 2 aromatic heterocycles. The van der Waals surface area contributed by atoms with Gasteiger partial charge in [-0.3, -0.25) is 5.32 Å². The third-order valence-corrected chi connectivity index (χ3v) is 6.33. The van der Waals surface area contributed by atoms with Gasteiger partial charge < -0.3 is 24.5 Å². The summed E-state index contributed by atoms with van der Waals surface area (Å²) in [4.78, 5) is 42.1. The van der Waals surface area contributed by atoms with Gasteiger partial charge in [0.25, 0.3) is 0 Å². The third-order valence-electron chi connectivity index (χ3n) is 5.23. The van der Waals surface area contributed by atoms with Crippen molar-refractivity contribution in [3.63, 3.8) is 0 Å². The van der Waals surface area contributed by atoms with Gasteiger partial charge in [-0.25, -0.2) is 19.4 Å². The number of alkyl carbamates (subject to hydrolysis) is 1. The molecule has 1 atom stereocenters. The second-order valence-electron chi connectivity index (χ2n) is 7.81. The topological polar surface area (TPSA) is 132 Å². The molecule has 3 N–H and O–H groups in total. The minimum Gasteiger partial charge on any atom is -0.497 e. The Morgan fingerprint density at radius 2 is 1.81 bits per heavy atom. The number of rotatable bonds is 7. The maximum absolute atomic E-state index is 12.7. The number of amides is 3. The number of nitrogens with one attached hydrogen (secondary N) is 3. The number of aromatic nitrogens is 1. The van der Waals surface area contributed by atoms with E-state index in [1.54, 1.807) is 45.2 Å². The van der Waals surface area contributed by atoms with E-state index in [9.17, 15) is 14.4 Å². The molecular weight excluding hydrogens is 484 g/mol. The van der Waals surface area contributed by atoms with Crippen molar-refractivity contribution in [1.82, 2.24) is 10.3 Å². The van der Waals surface area contributed by atoms with E-state index in [-0.39, 0.29) is 17.9 Å². The number of hydrogen-bond acceptors (Lipinski definition) is 8. The number of thiophene rings is 1. The van der Waals surface area contributed by atoms with Crippen LogP contribution < -0.4 is 26.3 Å². The van der Waals surface area contributed by atoms with E-state index >= 15 is 0 Å². The molecule has 0 aliphatic heterocycles. The van der Waals surface area contributed by atoms with Crippen molar-refractivity contribution in [2.45, 2.75) is 26.5 Å². The first-order chi connectivity index (χ1) is 17.3. The number of urea groups is 1. The lowest BCUT2D eigenvalue weighted by Gasteiger charge is -2.12. The lowest BCUT2D eigenvalue weighted by molar-refractivity contribution is 0.134. The van der Waals surface area contributed by atoms with E-state index in [4.69, 9.17) is 13.9 Å². The highest BCUT2D eigenvalue weighted by Crippen LogP contribution is 2.33. The molecule has 4 aromatic rings. The fraction of sp³-hybridized carbons (Fsp3) is 0.200. The zero-order valence-corrected chi connectivity index (χ0v) is 20.6. The predicted molar refractivity (Wildman–Crippen MR) is 137 cm³/mol. The highest BCUT2D eigenvalue weighted by atomic mass is 32.1. The van der Waals surface area contributed by atoms with Crippen molar-refractivity contribution >= 4 is 44.4 Å². The van der Waals surface area contributed by atoms with E-state index in [1.165, 1.54) is 0 Å². The first-order valence-electron chi connectivity index (χ1n) is 11.0. The summed E-state index contributed by atoms with van der Waals surface area (Å²) in [6.45, 7) is 3.43. The molecule has 0 saturated heterocycles. The summed E-state index contributed by atoms with van der Waals surface area (Å²) in [6.07, 6.45) is -0.671. The van der Waals surface area contributed by atoms with Gasteiger partial charge in [0.15, 0.2) is 0 Å². The Morgan fingerprint density at radius 1 is 1.08 bits per heavy atom. The summed E-state index contributed by atoms with van der Waals surface area (Å²) in [7, 11) is 1.56. The van der Waals surface area contributed by atoms with E-state index < -0.39 is 23.8 Å². The Bertz CT molecular complexity index is 1430. The highest BCUT2D eigenvalue weighted by molar-refractivity contribution is 7.22. The molecule has 0 spiro atoms. The molecule has 0 fully saturated rings. The predicted octanol–water partition coefficient (Wildman–Crippen LogP) is 5.20. The summed E-state index contributed by atoms with van der Waals surface area (Å²) in [5.74, 6) is 0.697. The van der Waals surface area contributed by atoms with Crippen LogP contribution in [0.3, 0.4) is 0 Å². The van der Waals surface area contributed by atoms with Crippen LogP contribution in [0.1, 0.15) is 30.0 Å². The average Bonchev–Trinajstić information content (AvgIpc) is 3.18. The van der Waals surface area contributed by atoms with Crippen LogP contribution in [0.15, 0.2) is 63.8 Å². The van der Waals surface area contributed by atoms with E-state index in [0.717, 1.165) is 16.9 Å². The number of carbonyl (C=O) groups is 2. The Balaban J connectivity index is 1.43. The number of methoxy groups -OCH3 is 1. The van der Waals surface area contributed by atoms with Crippen LogP contribution >= 0.6 is 11.3 Å². The summed E-state index contributed by atoms with van der Waals surface area (Å²) in [5.41, 5.74) is 1.34. The Hall–Kier alpha value is -4.38. The molecule has 11 heteroatoms. The van der Waals surface area contributed by atoms with Crippen LogP contribution in [0.25, 0.3) is 10.2 Å². The summed E-state index contributed by atoms with van der Waals surface area (Å²) < 4.78 is 15.7. The molecule has 2 heterocycles. The van der Waals surface area contributed by atoms with Gasteiger partial charge in [0.2, 0.25) is 5.89 Å². The molecule has 2 aromatic carbocycles. The van der Waals surface area contributed by atoms with Gasteiger partial charge in [0.1, 0.15) is 33.6 Å². The minimum absolute atomic E-state index is 0.0274. The maximum atomic E-state index is 12.7. The molecule has 0 aliphatic rings. The van der Waals surface area contributed by atoms with Gasteiger partial charge >= 0.3 is 17.7 Å². The second kappa shape index (κ2) is 10.9. The number of anilines is 2. The number of aryl methyl sites for hydroxylation is 1. The Labute approximate surface area is 210 Å². The fourth-order valence-electron chi connectivity index (χ4n) is 3.33. The molecule has 0 bridgehead atoms. The molecule has 0 radical (unpaired) electrons. The molecule has 0 aliphatic carbocycles. The van der Waals surface area contributed by atoms with Crippen molar-refractivity contribution in [2.75, 3.05) is 17.7 Å². The zero-order chi connectivity index (χ0) is 25.7. The van der Waals surface area contributed by atoms with Crippen molar-refractivity contribution in [3.8, 4) is 5.75 Å². The van der Waals surface area contributed by atoms with Gasteiger partial charge in [-0.2, -0.15) is 0 Å². The van der Waals surface area contributed by atoms with Gasteiger partial charge in [-0.15, -0.1) is 0 Å². The lowest BCUT2D eigenvalue weighted by atomic mass is 10.2. The quantitative estimate of drug-likeness (QED) is 0.313. The van der Waals surface area contributed by atoms with Crippen LogP contribution in [0.2, 0.25) is 0 Å².